The molecule has 0 saturated carbocycles. The number of aliphatic hydroxyl groups is 1. The van der Waals surface area contributed by atoms with Crippen LogP contribution in [0.2, 0.25) is 0 Å². The fourth-order valence-corrected chi connectivity index (χ4v) is 3.35. The molecular weight excluding hydrogens is 327 g/mol. The molecule has 2 aromatic rings. The lowest BCUT2D eigenvalue weighted by Crippen LogP contribution is -2.53. The van der Waals surface area contributed by atoms with E-state index in [0.717, 1.165) is 25.2 Å². The molecule has 0 aromatic heterocycles. The summed E-state index contributed by atoms with van der Waals surface area (Å²) in [5.74, 6) is 6.27. The Morgan fingerprint density at radius 3 is 2.58 bits per heavy atom. The summed E-state index contributed by atoms with van der Waals surface area (Å²) < 4.78 is 14.0. The molecule has 0 aliphatic carbocycles. The number of piperazine rings is 1. The SMILES string of the molecule is OCC[C@@H]1CN(CC#Cc2ccccc2)CCN1Cc1ccccc1F. The van der Waals surface area contributed by atoms with Crippen LogP contribution in [0.25, 0.3) is 0 Å². The van der Waals surface area contributed by atoms with Crippen molar-refractivity contribution >= 4 is 0 Å². The number of aliphatic hydroxyl groups excluding tert-OH is 1. The highest BCUT2D eigenvalue weighted by atomic mass is 19.1. The van der Waals surface area contributed by atoms with Gasteiger partial charge < -0.3 is 5.11 Å². The summed E-state index contributed by atoms with van der Waals surface area (Å²) in [5, 5.41) is 9.42. The quantitative estimate of drug-likeness (QED) is 0.839. The first-order valence-electron chi connectivity index (χ1n) is 9.11. The van der Waals surface area contributed by atoms with Gasteiger partial charge in [0.15, 0.2) is 0 Å². The molecule has 1 atom stereocenters. The minimum absolute atomic E-state index is 0.141. The van der Waals surface area contributed by atoms with E-state index >= 15 is 0 Å². The topological polar surface area (TPSA) is 26.7 Å². The van der Waals surface area contributed by atoms with Crippen LogP contribution < -0.4 is 0 Å². The van der Waals surface area contributed by atoms with Crippen molar-refractivity contribution in [1.29, 1.82) is 0 Å². The Kier molecular flexibility index (Phi) is 6.79. The van der Waals surface area contributed by atoms with E-state index in [1.807, 2.05) is 42.5 Å². The second-order valence-electron chi connectivity index (χ2n) is 6.63. The molecule has 0 radical (unpaired) electrons. The van der Waals surface area contributed by atoms with Gasteiger partial charge in [-0.25, -0.2) is 4.39 Å². The van der Waals surface area contributed by atoms with Crippen molar-refractivity contribution in [2.75, 3.05) is 32.8 Å². The van der Waals surface area contributed by atoms with Gasteiger partial charge in [0.1, 0.15) is 5.82 Å². The molecule has 26 heavy (non-hydrogen) atoms. The molecule has 0 spiro atoms. The molecule has 4 heteroatoms. The van der Waals surface area contributed by atoms with Crippen LogP contribution in [0.1, 0.15) is 17.5 Å². The van der Waals surface area contributed by atoms with Crippen molar-refractivity contribution in [1.82, 2.24) is 9.80 Å². The number of hydrogen-bond acceptors (Lipinski definition) is 3. The smallest absolute Gasteiger partial charge is 0.127 e. The van der Waals surface area contributed by atoms with Crippen LogP contribution in [0.3, 0.4) is 0 Å². The van der Waals surface area contributed by atoms with Crippen molar-refractivity contribution < 1.29 is 9.50 Å². The minimum atomic E-state index is -0.161. The van der Waals surface area contributed by atoms with E-state index in [2.05, 4.69) is 21.6 Å². The van der Waals surface area contributed by atoms with E-state index in [0.29, 0.717) is 25.1 Å². The molecule has 0 unspecified atom stereocenters. The third-order valence-electron chi connectivity index (χ3n) is 4.79. The lowest BCUT2D eigenvalue weighted by Gasteiger charge is -2.40. The van der Waals surface area contributed by atoms with Crippen LogP contribution in [0.15, 0.2) is 54.6 Å². The number of nitrogens with zero attached hydrogens (tertiary/aromatic N) is 2. The Hall–Kier alpha value is -2.19. The van der Waals surface area contributed by atoms with Gasteiger partial charge in [0.05, 0.1) is 6.54 Å². The van der Waals surface area contributed by atoms with Crippen molar-refractivity contribution in [3.8, 4) is 11.8 Å². The van der Waals surface area contributed by atoms with E-state index in [9.17, 15) is 9.50 Å². The molecular formula is C22H25FN2O. The van der Waals surface area contributed by atoms with Gasteiger partial charge in [-0.3, -0.25) is 9.80 Å². The molecule has 1 fully saturated rings. The summed E-state index contributed by atoms with van der Waals surface area (Å²) in [7, 11) is 0. The molecule has 2 aromatic carbocycles. The second-order valence-corrected chi connectivity index (χ2v) is 6.63. The molecule has 1 heterocycles. The molecule has 1 N–H and O–H groups in total. The van der Waals surface area contributed by atoms with Crippen LogP contribution in [0, 0.1) is 17.7 Å². The third-order valence-corrected chi connectivity index (χ3v) is 4.79. The van der Waals surface area contributed by atoms with Gasteiger partial charge in [-0.15, -0.1) is 0 Å². The summed E-state index contributed by atoms with van der Waals surface area (Å²) in [6.45, 7) is 4.04. The highest BCUT2D eigenvalue weighted by molar-refractivity contribution is 5.33. The van der Waals surface area contributed by atoms with Gasteiger partial charge >= 0.3 is 0 Å². The Morgan fingerprint density at radius 1 is 1.04 bits per heavy atom. The first-order chi connectivity index (χ1) is 12.8. The van der Waals surface area contributed by atoms with Crippen molar-refractivity contribution in [3.05, 3.63) is 71.5 Å². The van der Waals surface area contributed by atoms with E-state index in [1.54, 1.807) is 6.07 Å². The summed E-state index contributed by atoms with van der Waals surface area (Å²) in [4.78, 5) is 4.59. The lowest BCUT2D eigenvalue weighted by molar-refractivity contribution is 0.0598. The summed E-state index contributed by atoms with van der Waals surface area (Å²) >= 11 is 0. The zero-order valence-corrected chi connectivity index (χ0v) is 14.9. The number of halogens is 1. The minimum Gasteiger partial charge on any atom is -0.396 e. The zero-order chi connectivity index (χ0) is 18.2. The molecule has 136 valence electrons. The van der Waals surface area contributed by atoms with Crippen LogP contribution in [-0.2, 0) is 6.54 Å². The van der Waals surface area contributed by atoms with E-state index in [-0.39, 0.29) is 18.5 Å². The van der Waals surface area contributed by atoms with Crippen LogP contribution in [0.5, 0.6) is 0 Å². The first kappa shape index (κ1) is 18.6. The molecule has 0 bridgehead atoms. The average Bonchev–Trinajstić information content (AvgIpc) is 2.66. The van der Waals surface area contributed by atoms with E-state index in [1.165, 1.54) is 6.07 Å². The molecule has 1 aliphatic rings. The highest BCUT2D eigenvalue weighted by Gasteiger charge is 2.26. The van der Waals surface area contributed by atoms with Gasteiger partial charge in [0, 0.05) is 50.0 Å². The Labute approximate surface area is 155 Å². The fourth-order valence-electron chi connectivity index (χ4n) is 3.35. The van der Waals surface area contributed by atoms with Gasteiger partial charge in [0.2, 0.25) is 0 Å². The lowest BCUT2D eigenvalue weighted by atomic mass is 10.1. The monoisotopic (exact) mass is 352 g/mol. The summed E-state index contributed by atoms with van der Waals surface area (Å²) in [5.41, 5.74) is 1.74. The standard InChI is InChI=1S/C22H25FN2O/c23-22-11-5-4-10-20(22)17-25-15-14-24(18-21(25)12-16-26)13-6-9-19-7-2-1-3-8-19/h1-5,7-8,10-11,21,26H,12-18H2/t21-/m1/s1. The Morgan fingerprint density at radius 2 is 1.81 bits per heavy atom. The van der Waals surface area contributed by atoms with Gasteiger partial charge in [0.25, 0.3) is 0 Å². The predicted molar refractivity (Wildman–Crippen MR) is 102 cm³/mol. The highest BCUT2D eigenvalue weighted by Crippen LogP contribution is 2.18. The normalized spacial score (nSPS) is 18.3. The molecule has 3 rings (SSSR count). The Balaban J connectivity index is 1.59. The summed E-state index contributed by atoms with van der Waals surface area (Å²) in [6.07, 6.45) is 0.692. The number of benzene rings is 2. The van der Waals surface area contributed by atoms with Crippen molar-refractivity contribution in [2.45, 2.75) is 19.0 Å². The molecule has 0 amide bonds. The van der Waals surface area contributed by atoms with Crippen LogP contribution in [0.4, 0.5) is 4.39 Å². The zero-order valence-electron chi connectivity index (χ0n) is 14.9. The van der Waals surface area contributed by atoms with Gasteiger partial charge in [-0.2, -0.15) is 0 Å². The molecule has 3 nitrogen and oxygen atoms in total. The maximum Gasteiger partial charge on any atom is 0.127 e. The van der Waals surface area contributed by atoms with Gasteiger partial charge in [-0.05, 0) is 24.6 Å². The Bertz CT molecular complexity index is 753. The maximum absolute atomic E-state index is 14.0. The third kappa shape index (κ3) is 5.15. The number of hydrogen-bond donors (Lipinski definition) is 1. The summed E-state index contributed by atoms with van der Waals surface area (Å²) in [6, 6.07) is 17.1. The first-order valence-corrected chi connectivity index (χ1v) is 9.11. The maximum atomic E-state index is 14.0. The second kappa shape index (κ2) is 9.49. The average molecular weight is 352 g/mol. The van der Waals surface area contributed by atoms with E-state index in [4.69, 9.17) is 0 Å². The molecule has 1 aliphatic heterocycles. The predicted octanol–water partition coefficient (Wildman–Crippen LogP) is 2.75. The van der Waals surface area contributed by atoms with E-state index < -0.39 is 0 Å². The van der Waals surface area contributed by atoms with Crippen LogP contribution in [-0.4, -0.2) is 53.7 Å². The number of rotatable bonds is 5. The van der Waals surface area contributed by atoms with Crippen molar-refractivity contribution in [2.24, 2.45) is 0 Å². The molecule has 1 saturated heterocycles. The fraction of sp³-hybridized carbons (Fsp3) is 0.364. The van der Waals surface area contributed by atoms with Crippen molar-refractivity contribution in [3.63, 3.8) is 0 Å². The largest absolute Gasteiger partial charge is 0.396 e. The van der Waals surface area contributed by atoms with Crippen LogP contribution >= 0.6 is 0 Å². The van der Waals surface area contributed by atoms with Gasteiger partial charge in [-0.1, -0.05) is 48.2 Å².